The molecule has 5 heteroatoms. The summed E-state index contributed by atoms with van der Waals surface area (Å²) in [6.07, 6.45) is 3.08. The molecule has 0 amide bonds. The Labute approximate surface area is 167 Å². The third-order valence-electron chi connectivity index (χ3n) is 5.62. The van der Waals surface area contributed by atoms with E-state index in [0.717, 1.165) is 56.3 Å². The second-order valence-electron chi connectivity index (χ2n) is 7.62. The molecule has 0 radical (unpaired) electrons. The quantitative estimate of drug-likeness (QED) is 0.683. The van der Waals surface area contributed by atoms with E-state index in [9.17, 15) is 0 Å². The second kappa shape index (κ2) is 8.67. The summed E-state index contributed by atoms with van der Waals surface area (Å²) in [6.45, 7) is 10.7. The Balaban J connectivity index is 1.42. The van der Waals surface area contributed by atoms with Crippen LogP contribution in [-0.2, 0) is 13.1 Å². The first-order chi connectivity index (χ1) is 13.7. The first kappa shape index (κ1) is 18.8. The first-order valence-electron chi connectivity index (χ1n) is 10.2. The van der Waals surface area contributed by atoms with Crippen molar-refractivity contribution >= 4 is 0 Å². The van der Waals surface area contributed by atoms with E-state index in [-0.39, 0.29) is 0 Å². The third-order valence-corrected chi connectivity index (χ3v) is 5.62. The van der Waals surface area contributed by atoms with Crippen molar-refractivity contribution in [1.29, 1.82) is 0 Å². The smallest absolute Gasteiger partial charge is 0.0648 e. The molecule has 0 saturated carbocycles. The highest BCUT2D eigenvalue weighted by Crippen LogP contribution is 2.20. The second-order valence-corrected chi connectivity index (χ2v) is 7.62. The lowest BCUT2D eigenvalue weighted by Gasteiger charge is -2.21. The van der Waals surface area contributed by atoms with E-state index in [1.165, 1.54) is 17.7 Å². The first-order valence-corrected chi connectivity index (χ1v) is 10.2. The van der Waals surface area contributed by atoms with Gasteiger partial charge in [0.05, 0.1) is 17.1 Å². The number of nitrogens with zero attached hydrogens (tertiary/aromatic N) is 5. The number of benzene rings is 1. The summed E-state index contributed by atoms with van der Waals surface area (Å²) in [6, 6.07) is 16.6. The van der Waals surface area contributed by atoms with Gasteiger partial charge in [0.1, 0.15) is 0 Å². The predicted molar refractivity (Wildman–Crippen MR) is 112 cm³/mol. The van der Waals surface area contributed by atoms with Crippen molar-refractivity contribution in [3.05, 3.63) is 77.4 Å². The van der Waals surface area contributed by atoms with Crippen molar-refractivity contribution in [2.75, 3.05) is 26.2 Å². The summed E-state index contributed by atoms with van der Waals surface area (Å²) in [7, 11) is 0. The van der Waals surface area contributed by atoms with E-state index < -0.39 is 0 Å². The zero-order chi connectivity index (χ0) is 19.3. The molecule has 3 heterocycles. The van der Waals surface area contributed by atoms with Gasteiger partial charge in [0.25, 0.3) is 0 Å². The van der Waals surface area contributed by atoms with Gasteiger partial charge >= 0.3 is 0 Å². The number of aromatic nitrogens is 3. The number of hydrogen-bond acceptors (Lipinski definition) is 4. The Morgan fingerprint density at radius 3 is 2.25 bits per heavy atom. The van der Waals surface area contributed by atoms with E-state index in [4.69, 9.17) is 5.10 Å². The molecular weight excluding hydrogens is 346 g/mol. The topological polar surface area (TPSA) is 37.2 Å². The van der Waals surface area contributed by atoms with Crippen molar-refractivity contribution in [3.63, 3.8) is 0 Å². The summed E-state index contributed by atoms with van der Waals surface area (Å²) >= 11 is 0. The van der Waals surface area contributed by atoms with Crippen molar-refractivity contribution in [2.45, 2.75) is 33.4 Å². The van der Waals surface area contributed by atoms with E-state index in [2.05, 4.69) is 69.7 Å². The lowest BCUT2D eigenvalue weighted by atomic mass is 10.1. The molecule has 2 aromatic heterocycles. The lowest BCUT2D eigenvalue weighted by molar-refractivity contribution is 0.245. The molecule has 28 heavy (non-hydrogen) atoms. The summed E-state index contributed by atoms with van der Waals surface area (Å²) in [5.74, 6) is 0. The van der Waals surface area contributed by atoms with Gasteiger partial charge in [0.15, 0.2) is 0 Å². The average molecular weight is 376 g/mol. The molecule has 0 spiro atoms. The van der Waals surface area contributed by atoms with Gasteiger partial charge in [-0.1, -0.05) is 24.3 Å². The molecule has 3 aromatic rings. The van der Waals surface area contributed by atoms with Crippen LogP contribution in [0, 0.1) is 13.8 Å². The monoisotopic (exact) mass is 375 g/mol. The highest BCUT2D eigenvalue weighted by Gasteiger charge is 2.19. The fourth-order valence-electron chi connectivity index (χ4n) is 4.01. The van der Waals surface area contributed by atoms with E-state index in [1.54, 1.807) is 0 Å². The summed E-state index contributed by atoms with van der Waals surface area (Å²) in [5, 5.41) is 4.81. The molecule has 1 fully saturated rings. The fourth-order valence-corrected chi connectivity index (χ4v) is 4.01. The maximum Gasteiger partial charge on any atom is 0.0648 e. The normalized spacial score (nSPS) is 16.2. The maximum absolute atomic E-state index is 4.81. The summed E-state index contributed by atoms with van der Waals surface area (Å²) in [5.41, 5.74) is 6.04. The van der Waals surface area contributed by atoms with Crippen LogP contribution in [0.2, 0.25) is 0 Å². The number of hydrogen-bond donors (Lipinski definition) is 0. The van der Waals surface area contributed by atoms with Gasteiger partial charge < -0.3 is 0 Å². The Bertz CT molecular complexity index is 888. The van der Waals surface area contributed by atoms with E-state index >= 15 is 0 Å². The predicted octanol–water partition coefficient (Wildman–Crippen LogP) is 3.59. The molecule has 1 aliphatic heterocycles. The summed E-state index contributed by atoms with van der Waals surface area (Å²) in [4.78, 5) is 9.58. The van der Waals surface area contributed by atoms with Crippen molar-refractivity contribution in [1.82, 2.24) is 24.6 Å². The molecule has 1 aliphatic rings. The minimum absolute atomic E-state index is 0.943. The standard InChI is InChI=1S/C23H29N5/c1-19-23(20(2)28(25-19)22-10-4-3-5-11-22)18-27-14-8-13-26(15-16-27)17-21-9-6-7-12-24-21/h3-7,9-12H,8,13-18H2,1-2H3. The van der Waals surface area contributed by atoms with Crippen molar-refractivity contribution in [2.24, 2.45) is 0 Å². The average Bonchev–Trinajstić information content (AvgIpc) is 2.87. The lowest BCUT2D eigenvalue weighted by Crippen LogP contribution is -2.30. The Morgan fingerprint density at radius 2 is 1.54 bits per heavy atom. The Kier molecular flexibility index (Phi) is 5.84. The molecular formula is C23H29N5. The highest BCUT2D eigenvalue weighted by molar-refractivity contribution is 5.36. The number of aryl methyl sites for hydroxylation is 1. The van der Waals surface area contributed by atoms with Gasteiger partial charge in [0, 0.05) is 43.6 Å². The van der Waals surface area contributed by atoms with E-state index in [0.29, 0.717) is 0 Å². The van der Waals surface area contributed by atoms with Crippen LogP contribution in [0.4, 0.5) is 0 Å². The minimum atomic E-state index is 0.943. The largest absolute Gasteiger partial charge is 0.298 e. The van der Waals surface area contributed by atoms with Crippen molar-refractivity contribution in [3.8, 4) is 5.69 Å². The van der Waals surface area contributed by atoms with Crippen LogP contribution in [0.15, 0.2) is 54.7 Å². The van der Waals surface area contributed by atoms with Crippen LogP contribution >= 0.6 is 0 Å². The van der Waals surface area contributed by atoms with Crippen LogP contribution in [-0.4, -0.2) is 50.7 Å². The van der Waals surface area contributed by atoms with Gasteiger partial charge in [-0.15, -0.1) is 0 Å². The van der Waals surface area contributed by atoms with Crippen LogP contribution < -0.4 is 0 Å². The molecule has 0 bridgehead atoms. The molecule has 1 aromatic carbocycles. The highest BCUT2D eigenvalue weighted by atomic mass is 15.3. The molecule has 0 unspecified atom stereocenters. The van der Waals surface area contributed by atoms with Crippen LogP contribution in [0.5, 0.6) is 0 Å². The Hall–Kier alpha value is -2.50. The van der Waals surface area contributed by atoms with Crippen LogP contribution in [0.1, 0.15) is 29.1 Å². The number of rotatable bonds is 5. The van der Waals surface area contributed by atoms with Crippen LogP contribution in [0.25, 0.3) is 5.69 Å². The van der Waals surface area contributed by atoms with E-state index in [1.807, 2.05) is 18.3 Å². The number of pyridine rings is 1. The zero-order valence-corrected chi connectivity index (χ0v) is 16.9. The Morgan fingerprint density at radius 1 is 0.821 bits per heavy atom. The van der Waals surface area contributed by atoms with Crippen molar-refractivity contribution < 1.29 is 0 Å². The van der Waals surface area contributed by atoms with Gasteiger partial charge in [0.2, 0.25) is 0 Å². The molecule has 0 aliphatic carbocycles. The fraction of sp³-hybridized carbons (Fsp3) is 0.391. The summed E-state index contributed by atoms with van der Waals surface area (Å²) < 4.78 is 2.08. The zero-order valence-electron chi connectivity index (χ0n) is 16.9. The molecule has 4 rings (SSSR count). The van der Waals surface area contributed by atoms with Crippen LogP contribution in [0.3, 0.4) is 0 Å². The molecule has 0 N–H and O–H groups in total. The van der Waals surface area contributed by atoms with Gasteiger partial charge in [-0.3, -0.25) is 14.8 Å². The third kappa shape index (κ3) is 4.32. The SMILES string of the molecule is Cc1nn(-c2ccccc2)c(C)c1CN1CCCN(Cc2ccccn2)CC1. The number of para-hydroxylation sites is 1. The molecule has 1 saturated heterocycles. The minimum Gasteiger partial charge on any atom is -0.298 e. The molecule has 146 valence electrons. The molecule has 5 nitrogen and oxygen atoms in total. The van der Waals surface area contributed by atoms with Gasteiger partial charge in [-0.05, 0) is 57.6 Å². The van der Waals surface area contributed by atoms with Gasteiger partial charge in [-0.2, -0.15) is 5.10 Å². The molecule has 0 atom stereocenters. The maximum atomic E-state index is 4.81. The van der Waals surface area contributed by atoms with Gasteiger partial charge in [-0.25, -0.2) is 4.68 Å².